The second-order valence-corrected chi connectivity index (χ2v) is 3.10. The van der Waals surface area contributed by atoms with E-state index >= 15 is 0 Å². The Balaban J connectivity index is 3.54. The number of hydrogen-bond acceptors (Lipinski definition) is 4. The maximum Gasteiger partial charge on any atom is 0.337 e. The van der Waals surface area contributed by atoms with Crippen LogP contribution in [0.25, 0.3) is 0 Å². The van der Waals surface area contributed by atoms with Crippen molar-refractivity contribution in [1.82, 2.24) is 0 Å². The first-order valence-corrected chi connectivity index (χ1v) is 4.55. The third-order valence-corrected chi connectivity index (χ3v) is 2.20. The average Bonchev–Trinajstić information content (AvgIpc) is 2.26. The molecule has 0 bridgehead atoms. The predicted octanol–water partition coefficient (Wildman–Crippen LogP) is 1.90. The number of hydrogen-bond donors (Lipinski definition) is 1. The summed E-state index contributed by atoms with van der Waals surface area (Å²) in [7, 11) is 0. The van der Waals surface area contributed by atoms with Gasteiger partial charge < -0.3 is 5.11 Å². The van der Waals surface area contributed by atoms with Crippen molar-refractivity contribution in [2.24, 2.45) is 0 Å². The number of nitro benzene ring substituents is 1. The number of carboxylic acid groups (broad SMARTS) is 1. The second kappa shape index (κ2) is 4.59. The molecule has 0 amide bonds. The van der Waals surface area contributed by atoms with Gasteiger partial charge in [-0.2, -0.15) is 5.26 Å². The number of nitrogens with zero attached hydrogens (tertiary/aromatic N) is 2. The summed E-state index contributed by atoms with van der Waals surface area (Å²) in [5.74, 6) is -1.55. The van der Waals surface area contributed by atoms with Gasteiger partial charge in [0.15, 0.2) is 0 Å². The van der Waals surface area contributed by atoms with Crippen LogP contribution in [0.3, 0.4) is 0 Å². The van der Waals surface area contributed by atoms with Gasteiger partial charge in [-0.1, -0.05) is 0 Å². The van der Waals surface area contributed by atoms with E-state index in [9.17, 15) is 14.9 Å². The standard InChI is InChI=1S/C9H5ClN2O4/c10-3-5-1-6(4-11)7(9(13)14)2-8(5)12(15)16/h1-2H,3H2,(H,13,14). The molecule has 0 aliphatic heterocycles. The Morgan fingerprint density at radius 3 is 2.62 bits per heavy atom. The Labute approximate surface area is 94.8 Å². The van der Waals surface area contributed by atoms with Crippen molar-refractivity contribution < 1.29 is 14.8 Å². The molecule has 0 unspecified atom stereocenters. The predicted molar refractivity (Wildman–Crippen MR) is 54.3 cm³/mol. The van der Waals surface area contributed by atoms with E-state index < -0.39 is 22.1 Å². The van der Waals surface area contributed by atoms with Crippen molar-refractivity contribution >= 4 is 23.3 Å². The molecular weight excluding hydrogens is 236 g/mol. The molecule has 0 saturated heterocycles. The molecule has 0 fully saturated rings. The van der Waals surface area contributed by atoms with E-state index in [1.807, 2.05) is 0 Å². The molecule has 0 aromatic heterocycles. The number of rotatable bonds is 3. The lowest BCUT2D eigenvalue weighted by Gasteiger charge is -2.02. The SMILES string of the molecule is N#Cc1cc(CCl)c([N+](=O)[O-])cc1C(=O)O. The molecule has 0 heterocycles. The number of aromatic carboxylic acids is 1. The maximum atomic E-state index is 10.7. The molecule has 0 atom stereocenters. The van der Waals surface area contributed by atoms with E-state index in [0.29, 0.717) is 0 Å². The van der Waals surface area contributed by atoms with Gasteiger partial charge in [0.1, 0.15) is 6.07 Å². The lowest BCUT2D eigenvalue weighted by atomic mass is 10.0. The summed E-state index contributed by atoms with van der Waals surface area (Å²) in [6, 6.07) is 3.62. The van der Waals surface area contributed by atoms with E-state index in [2.05, 4.69) is 0 Å². The third-order valence-electron chi connectivity index (χ3n) is 1.91. The van der Waals surface area contributed by atoms with Crippen molar-refractivity contribution in [1.29, 1.82) is 5.26 Å². The minimum absolute atomic E-state index is 0.119. The number of halogens is 1. The van der Waals surface area contributed by atoms with E-state index in [1.165, 1.54) is 0 Å². The summed E-state index contributed by atoms with van der Waals surface area (Å²) < 4.78 is 0. The fourth-order valence-electron chi connectivity index (χ4n) is 1.18. The van der Waals surface area contributed by atoms with Gasteiger partial charge in [0.25, 0.3) is 5.69 Å². The van der Waals surface area contributed by atoms with Crippen molar-refractivity contribution in [2.75, 3.05) is 0 Å². The summed E-state index contributed by atoms with van der Waals surface area (Å²) in [4.78, 5) is 20.6. The zero-order valence-electron chi connectivity index (χ0n) is 7.81. The van der Waals surface area contributed by atoms with Crippen LogP contribution in [0.1, 0.15) is 21.5 Å². The summed E-state index contributed by atoms with van der Waals surface area (Å²) in [5, 5.41) is 28.1. The molecule has 0 aliphatic carbocycles. The van der Waals surface area contributed by atoms with Crippen LogP contribution in [0, 0.1) is 21.4 Å². The molecule has 0 aliphatic rings. The molecule has 0 spiro atoms. The summed E-state index contributed by atoms with van der Waals surface area (Å²) >= 11 is 5.48. The molecule has 0 saturated carbocycles. The van der Waals surface area contributed by atoms with Gasteiger partial charge in [-0.15, -0.1) is 11.6 Å². The number of carboxylic acids is 1. The molecule has 6 nitrogen and oxygen atoms in total. The molecular formula is C9H5ClN2O4. The Morgan fingerprint density at radius 1 is 1.62 bits per heavy atom. The second-order valence-electron chi connectivity index (χ2n) is 2.83. The molecule has 16 heavy (non-hydrogen) atoms. The Kier molecular flexibility index (Phi) is 3.43. The first-order valence-electron chi connectivity index (χ1n) is 4.02. The van der Waals surface area contributed by atoms with E-state index in [4.69, 9.17) is 22.0 Å². The molecule has 0 radical (unpaired) electrons. The lowest BCUT2D eigenvalue weighted by molar-refractivity contribution is -0.385. The minimum Gasteiger partial charge on any atom is -0.478 e. The summed E-state index contributed by atoms with van der Waals surface area (Å²) in [6.45, 7) is 0. The van der Waals surface area contributed by atoms with Crippen LogP contribution in [-0.2, 0) is 5.88 Å². The highest BCUT2D eigenvalue weighted by molar-refractivity contribution is 6.17. The zero-order valence-corrected chi connectivity index (χ0v) is 8.56. The van der Waals surface area contributed by atoms with Crippen LogP contribution in [0.5, 0.6) is 0 Å². The summed E-state index contributed by atoms with van der Waals surface area (Å²) in [6.07, 6.45) is 0. The van der Waals surface area contributed by atoms with Crippen LogP contribution < -0.4 is 0 Å². The van der Waals surface area contributed by atoms with Gasteiger partial charge in [-0.25, -0.2) is 4.79 Å². The van der Waals surface area contributed by atoms with Crippen LogP contribution >= 0.6 is 11.6 Å². The van der Waals surface area contributed by atoms with Crippen LogP contribution in [0.15, 0.2) is 12.1 Å². The Hall–Kier alpha value is -2.13. The minimum atomic E-state index is -1.39. The highest BCUT2D eigenvalue weighted by Crippen LogP contribution is 2.25. The first kappa shape index (κ1) is 11.9. The Bertz CT molecular complexity index is 507. The van der Waals surface area contributed by atoms with Crippen molar-refractivity contribution in [3.8, 4) is 6.07 Å². The van der Waals surface area contributed by atoms with Crippen LogP contribution in [-0.4, -0.2) is 16.0 Å². The average molecular weight is 241 g/mol. The van der Waals surface area contributed by atoms with Gasteiger partial charge >= 0.3 is 5.97 Å². The third kappa shape index (κ3) is 2.10. The van der Waals surface area contributed by atoms with E-state index in [-0.39, 0.29) is 17.0 Å². The van der Waals surface area contributed by atoms with Crippen molar-refractivity contribution in [3.63, 3.8) is 0 Å². The molecule has 7 heteroatoms. The number of alkyl halides is 1. The van der Waals surface area contributed by atoms with E-state index in [0.717, 1.165) is 12.1 Å². The topological polar surface area (TPSA) is 104 Å². The normalized spacial score (nSPS) is 9.50. The van der Waals surface area contributed by atoms with Gasteiger partial charge in [-0.05, 0) is 6.07 Å². The lowest BCUT2D eigenvalue weighted by Crippen LogP contribution is -2.04. The van der Waals surface area contributed by atoms with Crippen molar-refractivity contribution in [3.05, 3.63) is 38.9 Å². The Morgan fingerprint density at radius 2 is 2.25 bits per heavy atom. The highest BCUT2D eigenvalue weighted by atomic mass is 35.5. The zero-order chi connectivity index (χ0) is 12.3. The fourth-order valence-corrected chi connectivity index (χ4v) is 1.39. The quantitative estimate of drug-likeness (QED) is 0.494. The molecule has 1 aromatic carbocycles. The molecule has 82 valence electrons. The first-order chi connectivity index (χ1) is 7.51. The smallest absolute Gasteiger partial charge is 0.337 e. The maximum absolute atomic E-state index is 10.7. The van der Waals surface area contributed by atoms with E-state index in [1.54, 1.807) is 6.07 Å². The number of carbonyl (C=O) groups is 1. The number of nitro groups is 1. The fraction of sp³-hybridized carbons (Fsp3) is 0.111. The van der Waals surface area contributed by atoms with Gasteiger partial charge in [-0.3, -0.25) is 10.1 Å². The monoisotopic (exact) mass is 240 g/mol. The van der Waals surface area contributed by atoms with Gasteiger partial charge in [0, 0.05) is 11.6 Å². The number of nitriles is 1. The summed E-state index contributed by atoms with van der Waals surface area (Å²) in [5.41, 5.74) is -0.823. The largest absolute Gasteiger partial charge is 0.478 e. The molecule has 1 aromatic rings. The van der Waals surface area contributed by atoms with Crippen LogP contribution in [0.4, 0.5) is 5.69 Å². The molecule has 1 rings (SSSR count). The van der Waals surface area contributed by atoms with Crippen LogP contribution in [0.2, 0.25) is 0 Å². The molecule has 1 N–H and O–H groups in total. The van der Waals surface area contributed by atoms with Gasteiger partial charge in [0.2, 0.25) is 0 Å². The van der Waals surface area contributed by atoms with Gasteiger partial charge in [0.05, 0.1) is 21.9 Å². The van der Waals surface area contributed by atoms with Crippen molar-refractivity contribution in [2.45, 2.75) is 5.88 Å². The number of benzene rings is 1. The highest BCUT2D eigenvalue weighted by Gasteiger charge is 2.20.